The molecule has 1 saturated heterocycles. The van der Waals surface area contributed by atoms with Crippen molar-refractivity contribution in [3.05, 3.63) is 0 Å². The van der Waals surface area contributed by atoms with Crippen LogP contribution in [-0.4, -0.2) is 41.8 Å². The van der Waals surface area contributed by atoms with Gasteiger partial charge in [-0.05, 0) is 19.3 Å². The van der Waals surface area contributed by atoms with Crippen LogP contribution in [0.4, 0.5) is 0 Å². The molecule has 1 aliphatic rings. The Morgan fingerprint density at radius 2 is 2.13 bits per heavy atom. The summed E-state index contributed by atoms with van der Waals surface area (Å²) >= 11 is 4.18. The van der Waals surface area contributed by atoms with Gasteiger partial charge in [0.25, 0.3) is 0 Å². The van der Waals surface area contributed by atoms with E-state index in [2.05, 4.69) is 30.4 Å². The van der Waals surface area contributed by atoms with Crippen LogP contribution >= 0.6 is 23.5 Å². The second kappa shape index (κ2) is 7.82. The summed E-state index contributed by atoms with van der Waals surface area (Å²) in [7, 11) is 1.76. The lowest BCUT2D eigenvalue weighted by molar-refractivity contribution is 0.190. The molecule has 0 aromatic carbocycles. The normalized spacial score (nSPS) is 29.0. The molecule has 2 N–H and O–H groups in total. The van der Waals surface area contributed by atoms with Crippen molar-refractivity contribution >= 4 is 23.5 Å². The number of thioether (sulfide) groups is 2. The van der Waals surface area contributed by atoms with Gasteiger partial charge in [-0.15, -0.1) is 0 Å². The number of hydrogen-bond donors (Lipinski definition) is 1. The van der Waals surface area contributed by atoms with E-state index in [0.717, 1.165) is 24.7 Å². The van der Waals surface area contributed by atoms with Gasteiger partial charge in [0, 0.05) is 41.8 Å². The van der Waals surface area contributed by atoms with Crippen molar-refractivity contribution in [3.63, 3.8) is 0 Å². The maximum atomic E-state index is 6.27. The molecule has 90 valence electrons. The molecule has 0 aliphatic carbocycles. The van der Waals surface area contributed by atoms with E-state index in [9.17, 15) is 0 Å². The van der Waals surface area contributed by atoms with Gasteiger partial charge in [0.15, 0.2) is 0 Å². The largest absolute Gasteiger partial charge is 0.385 e. The van der Waals surface area contributed by atoms with Crippen molar-refractivity contribution in [2.45, 2.75) is 42.7 Å². The number of methoxy groups -OCH3 is 1. The van der Waals surface area contributed by atoms with Gasteiger partial charge in [0.05, 0.1) is 0 Å². The first-order chi connectivity index (χ1) is 7.29. The monoisotopic (exact) mass is 249 g/mol. The number of rotatable bonds is 6. The zero-order chi connectivity index (χ0) is 11.1. The average Bonchev–Trinajstić information content (AvgIpc) is 2.29. The molecule has 15 heavy (non-hydrogen) atoms. The molecule has 0 radical (unpaired) electrons. The smallest absolute Gasteiger partial charge is 0.0462 e. The Hall–Kier alpha value is 0.620. The Morgan fingerprint density at radius 3 is 2.80 bits per heavy atom. The molecule has 0 spiro atoms. The highest BCUT2D eigenvalue weighted by Crippen LogP contribution is 2.35. The molecule has 0 saturated carbocycles. The third-order valence-electron chi connectivity index (χ3n) is 2.80. The second-order valence-electron chi connectivity index (χ2n) is 3.95. The Balaban J connectivity index is 2.31. The summed E-state index contributed by atoms with van der Waals surface area (Å²) in [5.74, 6) is 2.56. The van der Waals surface area contributed by atoms with Crippen LogP contribution in [-0.2, 0) is 4.74 Å². The topological polar surface area (TPSA) is 35.2 Å². The minimum Gasteiger partial charge on any atom is -0.385 e. The molecule has 3 unspecified atom stereocenters. The fourth-order valence-electron chi connectivity index (χ4n) is 1.96. The molecule has 4 heteroatoms. The molecular formula is C11H23NOS2. The van der Waals surface area contributed by atoms with E-state index < -0.39 is 0 Å². The third-order valence-corrected chi connectivity index (χ3v) is 6.23. The van der Waals surface area contributed by atoms with E-state index in [4.69, 9.17) is 10.5 Å². The van der Waals surface area contributed by atoms with Crippen molar-refractivity contribution in [1.29, 1.82) is 0 Å². The van der Waals surface area contributed by atoms with Crippen LogP contribution in [0.3, 0.4) is 0 Å². The summed E-state index contributed by atoms with van der Waals surface area (Å²) in [6.45, 7) is 3.12. The maximum absolute atomic E-state index is 6.27. The van der Waals surface area contributed by atoms with Gasteiger partial charge >= 0.3 is 0 Å². The lowest BCUT2D eigenvalue weighted by Crippen LogP contribution is -2.41. The van der Waals surface area contributed by atoms with Crippen LogP contribution in [0.5, 0.6) is 0 Å². The average molecular weight is 249 g/mol. The zero-order valence-corrected chi connectivity index (χ0v) is 11.4. The van der Waals surface area contributed by atoms with Crippen LogP contribution in [0.15, 0.2) is 0 Å². The highest BCUT2D eigenvalue weighted by molar-refractivity contribution is 8.07. The predicted molar refractivity (Wildman–Crippen MR) is 71.9 cm³/mol. The fourth-order valence-corrected chi connectivity index (χ4v) is 5.20. The van der Waals surface area contributed by atoms with Crippen LogP contribution < -0.4 is 5.73 Å². The molecule has 0 aromatic heterocycles. The summed E-state index contributed by atoms with van der Waals surface area (Å²) < 4.78 is 5.07. The summed E-state index contributed by atoms with van der Waals surface area (Å²) in [5.41, 5.74) is 6.27. The SMILES string of the molecule is CCC1SCCSC1C(N)CCCOC. The zero-order valence-electron chi connectivity index (χ0n) is 9.78. The highest BCUT2D eigenvalue weighted by atomic mass is 32.2. The number of ether oxygens (including phenoxy) is 1. The first kappa shape index (κ1) is 13.7. The molecule has 2 nitrogen and oxygen atoms in total. The highest BCUT2D eigenvalue weighted by Gasteiger charge is 2.29. The van der Waals surface area contributed by atoms with Gasteiger partial charge in [-0.1, -0.05) is 6.92 Å². The van der Waals surface area contributed by atoms with Gasteiger partial charge in [0.1, 0.15) is 0 Å². The van der Waals surface area contributed by atoms with Crippen LogP contribution in [0, 0.1) is 0 Å². The maximum Gasteiger partial charge on any atom is 0.0462 e. The van der Waals surface area contributed by atoms with Gasteiger partial charge < -0.3 is 10.5 Å². The standard InChI is InChI=1S/C11H23NOS2/c1-3-10-11(15-8-7-14-10)9(12)5-4-6-13-2/h9-11H,3-8,12H2,1-2H3. The molecule has 3 atom stereocenters. The van der Waals surface area contributed by atoms with Gasteiger partial charge in [-0.3, -0.25) is 0 Å². The summed E-state index contributed by atoms with van der Waals surface area (Å²) in [4.78, 5) is 0. The van der Waals surface area contributed by atoms with E-state index in [1.807, 2.05) is 0 Å². The molecule has 0 aromatic rings. The van der Waals surface area contributed by atoms with Crippen molar-refractivity contribution in [1.82, 2.24) is 0 Å². The van der Waals surface area contributed by atoms with Crippen LogP contribution in [0.1, 0.15) is 26.2 Å². The molecule has 0 bridgehead atoms. The van der Waals surface area contributed by atoms with E-state index >= 15 is 0 Å². The predicted octanol–water partition coefficient (Wildman–Crippen LogP) is 2.37. The summed E-state index contributed by atoms with van der Waals surface area (Å²) in [5, 5.41) is 1.42. The van der Waals surface area contributed by atoms with E-state index in [0.29, 0.717) is 11.3 Å². The minimum atomic E-state index is 0.350. The van der Waals surface area contributed by atoms with Crippen molar-refractivity contribution in [2.24, 2.45) is 5.73 Å². The first-order valence-electron chi connectivity index (χ1n) is 5.77. The molecule has 1 rings (SSSR count). The lowest BCUT2D eigenvalue weighted by atomic mass is 10.0. The first-order valence-corrected chi connectivity index (χ1v) is 7.87. The third kappa shape index (κ3) is 4.55. The molecule has 1 aliphatic heterocycles. The Labute approximate surface area is 102 Å². The van der Waals surface area contributed by atoms with Crippen molar-refractivity contribution < 1.29 is 4.74 Å². The summed E-state index contributed by atoms with van der Waals surface area (Å²) in [6.07, 6.45) is 3.44. The quantitative estimate of drug-likeness (QED) is 0.733. The van der Waals surface area contributed by atoms with Crippen LogP contribution in [0.25, 0.3) is 0 Å². The Morgan fingerprint density at radius 1 is 1.40 bits per heavy atom. The number of nitrogens with two attached hydrogens (primary N) is 1. The van der Waals surface area contributed by atoms with E-state index in [-0.39, 0.29) is 0 Å². The van der Waals surface area contributed by atoms with Gasteiger partial charge in [-0.25, -0.2) is 0 Å². The van der Waals surface area contributed by atoms with Crippen molar-refractivity contribution in [3.8, 4) is 0 Å². The Kier molecular flexibility index (Phi) is 7.14. The molecular weight excluding hydrogens is 226 g/mol. The van der Waals surface area contributed by atoms with Crippen LogP contribution in [0.2, 0.25) is 0 Å². The molecule has 1 heterocycles. The van der Waals surface area contributed by atoms with Gasteiger partial charge in [-0.2, -0.15) is 23.5 Å². The summed E-state index contributed by atoms with van der Waals surface area (Å²) in [6, 6.07) is 0.350. The fraction of sp³-hybridized carbons (Fsp3) is 1.00. The van der Waals surface area contributed by atoms with Crippen molar-refractivity contribution in [2.75, 3.05) is 25.2 Å². The van der Waals surface area contributed by atoms with Gasteiger partial charge in [0.2, 0.25) is 0 Å². The molecule has 1 fully saturated rings. The van der Waals surface area contributed by atoms with E-state index in [1.54, 1.807) is 7.11 Å². The van der Waals surface area contributed by atoms with E-state index in [1.165, 1.54) is 17.9 Å². The molecule has 0 amide bonds. The second-order valence-corrected chi connectivity index (χ2v) is 6.58. The Bertz CT molecular complexity index is 169. The number of hydrogen-bond acceptors (Lipinski definition) is 4. The minimum absolute atomic E-state index is 0.350. The lowest BCUT2D eigenvalue weighted by Gasteiger charge is -2.34.